The number of hydrogen-bond donors (Lipinski definition) is 1. The number of hydrogen-bond acceptors (Lipinski definition) is 9. The van der Waals surface area contributed by atoms with E-state index in [1.165, 1.54) is 24.6 Å². The minimum absolute atomic E-state index is 0.128. The number of anilines is 1. The normalized spacial score (nSPS) is 17.1. The molecule has 1 atom stereocenters. The van der Waals surface area contributed by atoms with E-state index in [1.807, 2.05) is 0 Å². The van der Waals surface area contributed by atoms with Gasteiger partial charge in [-0.25, -0.2) is 8.42 Å². The molecule has 170 valence electrons. The summed E-state index contributed by atoms with van der Waals surface area (Å²) in [4.78, 5) is 13.0. The van der Waals surface area contributed by atoms with Gasteiger partial charge in [0.05, 0.1) is 19.8 Å². The van der Waals surface area contributed by atoms with E-state index in [2.05, 4.69) is 15.5 Å². The number of nitrogens with one attached hydrogen (secondary N) is 1. The second-order valence-corrected chi connectivity index (χ2v) is 10.1. The highest BCUT2D eigenvalue weighted by Crippen LogP contribution is 2.33. The van der Waals surface area contributed by atoms with Crippen LogP contribution in [-0.2, 0) is 14.8 Å². The van der Waals surface area contributed by atoms with E-state index in [0.29, 0.717) is 29.9 Å². The number of sulfonamides is 1. The summed E-state index contributed by atoms with van der Waals surface area (Å²) in [5.41, 5.74) is 0.499. The molecule has 1 amide bonds. The van der Waals surface area contributed by atoms with Gasteiger partial charge in [0, 0.05) is 6.54 Å². The van der Waals surface area contributed by atoms with Crippen LogP contribution in [-0.4, -0.2) is 55.6 Å². The molecule has 3 heterocycles. The minimum Gasteiger partial charge on any atom is -0.497 e. The Kier molecular flexibility index (Phi) is 6.44. The number of benzene rings is 1. The molecule has 0 spiro atoms. The van der Waals surface area contributed by atoms with E-state index >= 15 is 0 Å². The number of nitrogens with zero attached hydrogens (tertiary/aromatic N) is 3. The number of methoxy groups -OCH3 is 2. The minimum atomic E-state index is -3.77. The molecule has 1 unspecified atom stereocenters. The zero-order valence-electron chi connectivity index (χ0n) is 17.5. The molecule has 1 aliphatic rings. The molecule has 3 aromatic rings. The predicted octanol–water partition coefficient (Wildman–Crippen LogP) is 3.00. The van der Waals surface area contributed by atoms with E-state index in [0.717, 1.165) is 17.8 Å². The lowest BCUT2D eigenvalue weighted by atomic mass is 10.0. The fraction of sp³-hybridized carbons (Fsp3) is 0.350. The summed E-state index contributed by atoms with van der Waals surface area (Å²) >= 11 is 1.12. The number of ether oxygens (including phenoxy) is 2. The number of thiophene rings is 1. The van der Waals surface area contributed by atoms with E-state index in [-0.39, 0.29) is 22.7 Å². The summed E-state index contributed by atoms with van der Waals surface area (Å²) < 4.78 is 43.7. The van der Waals surface area contributed by atoms with E-state index in [9.17, 15) is 13.2 Å². The molecule has 12 heteroatoms. The van der Waals surface area contributed by atoms with Crippen LogP contribution in [0.1, 0.15) is 19.3 Å². The van der Waals surface area contributed by atoms with Gasteiger partial charge in [0.15, 0.2) is 0 Å². The maximum Gasteiger partial charge on any atom is 0.322 e. The van der Waals surface area contributed by atoms with Crippen LogP contribution in [0, 0.1) is 0 Å². The molecule has 1 saturated heterocycles. The molecule has 1 N–H and O–H groups in total. The molecule has 0 aliphatic carbocycles. The smallest absolute Gasteiger partial charge is 0.322 e. The Bertz CT molecular complexity index is 1190. The monoisotopic (exact) mass is 478 g/mol. The van der Waals surface area contributed by atoms with Crippen molar-refractivity contribution >= 4 is 33.3 Å². The standard InChI is InChI=1S/C20H22N4O6S2/c1-28-13-8-9-16(29-2)14(12-13)19-22-23-20(30-19)21-18(25)15-6-3-4-10-24(15)32(26,27)17-7-5-11-31-17/h5,7-9,11-12,15H,3-4,6,10H2,1-2H3,(H,21,23,25). The Labute approximate surface area is 189 Å². The number of piperidine rings is 1. The number of amides is 1. The van der Waals surface area contributed by atoms with Crippen molar-refractivity contribution in [3.05, 3.63) is 35.7 Å². The van der Waals surface area contributed by atoms with Gasteiger partial charge in [0.1, 0.15) is 21.8 Å². The van der Waals surface area contributed by atoms with Crippen LogP contribution in [0.2, 0.25) is 0 Å². The molecule has 1 fully saturated rings. The van der Waals surface area contributed by atoms with Gasteiger partial charge in [-0.3, -0.25) is 10.1 Å². The van der Waals surface area contributed by atoms with Crippen molar-refractivity contribution in [2.75, 3.05) is 26.1 Å². The lowest BCUT2D eigenvalue weighted by Crippen LogP contribution is -2.49. The maximum atomic E-state index is 13.0. The van der Waals surface area contributed by atoms with E-state index in [1.54, 1.807) is 29.6 Å². The molecule has 0 saturated carbocycles. The van der Waals surface area contributed by atoms with Crippen molar-refractivity contribution in [2.45, 2.75) is 29.5 Å². The molecule has 32 heavy (non-hydrogen) atoms. The lowest BCUT2D eigenvalue weighted by Gasteiger charge is -2.32. The van der Waals surface area contributed by atoms with Gasteiger partial charge in [-0.1, -0.05) is 17.6 Å². The second kappa shape index (κ2) is 9.27. The van der Waals surface area contributed by atoms with Crippen molar-refractivity contribution < 1.29 is 27.1 Å². The highest BCUT2D eigenvalue weighted by Gasteiger charge is 2.38. The zero-order valence-corrected chi connectivity index (χ0v) is 19.1. The Morgan fingerprint density at radius 1 is 1.22 bits per heavy atom. The summed E-state index contributed by atoms with van der Waals surface area (Å²) in [5, 5.41) is 12.1. The first-order chi connectivity index (χ1) is 15.4. The Morgan fingerprint density at radius 2 is 2.06 bits per heavy atom. The molecule has 2 aromatic heterocycles. The Morgan fingerprint density at radius 3 is 2.78 bits per heavy atom. The van der Waals surface area contributed by atoms with Gasteiger partial charge >= 0.3 is 6.01 Å². The third-order valence-corrected chi connectivity index (χ3v) is 8.39. The lowest BCUT2D eigenvalue weighted by molar-refractivity contribution is -0.120. The maximum absolute atomic E-state index is 13.0. The highest BCUT2D eigenvalue weighted by atomic mass is 32.2. The van der Waals surface area contributed by atoms with Crippen LogP contribution < -0.4 is 14.8 Å². The van der Waals surface area contributed by atoms with Crippen LogP contribution in [0.4, 0.5) is 6.01 Å². The molecular weight excluding hydrogens is 456 g/mol. The van der Waals surface area contributed by atoms with Crippen molar-refractivity contribution in [3.8, 4) is 23.0 Å². The molecule has 0 radical (unpaired) electrons. The summed E-state index contributed by atoms with van der Waals surface area (Å²) in [6, 6.07) is 7.32. The summed E-state index contributed by atoms with van der Waals surface area (Å²) in [7, 11) is -0.723. The third-order valence-electron chi connectivity index (χ3n) is 5.11. The van der Waals surface area contributed by atoms with Gasteiger partial charge in [-0.15, -0.1) is 16.4 Å². The van der Waals surface area contributed by atoms with Crippen LogP contribution in [0.5, 0.6) is 11.5 Å². The van der Waals surface area contributed by atoms with Gasteiger partial charge in [0.2, 0.25) is 5.91 Å². The number of carbonyl (C=O) groups is 1. The van der Waals surface area contributed by atoms with Gasteiger partial charge in [0.25, 0.3) is 15.9 Å². The van der Waals surface area contributed by atoms with Crippen molar-refractivity contribution in [1.29, 1.82) is 0 Å². The Balaban J connectivity index is 1.55. The predicted molar refractivity (Wildman–Crippen MR) is 117 cm³/mol. The molecule has 1 aliphatic heterocycles. The fourth-order valence-electron chi connectivity index (χ4n) is 3.53. The Hall–Kier alpha value is -2.96. The first kappa shape index (κ1) is 22.2. The quantitative estimate of drug-likeness (QED) is 0.550. The SMILES string of the molecule is COc1ccc(OC)c(-c2nnc(NC(=O)C3CCCCN3S(=O)(=O)c3cccs3)o2)c1. The average molecular weight is 479 g/mol. The van der Waals surface area contributed by atoms with Crippen LogP contribution in [0.25, 0.3) is 11.5 Å². The van der Waals surface area contributed by atoms with E-state index < -0.39 is 22.0 Å². The van der Waals surface area contributed by atoms with Crippen LogP contribution >= 0.6 is 11.3 Å². The summed E-state index contributed by atoms with van der Waals surface area (Å²) in [5.74, 6) is 0.675. The number of rotatable bonds is 7. The van der Waals surface area contributed by atoms with Crippen LogP contribution in [0.3, 0.4) is 0 Å². The van der Waals surface area contributed by atoms with Crippen molar-refractivity contribution in [2.24, 2.45) is 0 Å². The molecule has 1 aromatic carbocycles. The topological polar surface area (TPSA) is 124 Å². The van der Waals surface area contributed by atoms with Crippen molar-refractivity contribution in [3.63, 3.8) is 0 Å². The van der Waals surface area contributed by atoms with Crippen molar-refractivity contribution in [1.82, 2.24) is 14.5 Å². The van der Waals surface area contributed by atoms with Gasteiger partial charge in [-0.05, 0) is 42.5 Å². The second-order valence-electron chi connectivity index (χ2n) is 7.03. The van der Waals surface area contributed by atoms with Gasteiger partial charge in [-0.2, -0.15) is 4.31 Å². The largest absolute Gasteiger partial charge is 0.497 e. The molecule has 10 nitrogen and oxygen atoms in total. The zero-order chi connectivity index (χ0) is 22.7. The molecule has 4 rings (SSSR count). The van der Waals surface area contributed by atoms with Crippen LogP contribution in [0.15, 0.2) is 44.3 Å². The number of carbonyl (C=O) groups excluding carboxylic acids is 1. The fourth-order valence-corrected chi connectivity index (χ4v) is 6.31. The molecule has 0 bridgehead atoms. The average Bonchev–Trinajstić information content (AvgIpc) is 3.51. The first-order valence-electron chi connectivity index (χ1n) is 9.86. The number of aromatic nitrogens is 2. The third kappa shape index (κ3) is 4.33. The van der Waals surface area contributed by atoms with Gasteiger partial charge < -0.3 is 13.9 Å². The molecular formula is C20H22N4O6S2. The summed E-state index contributed by atoms with van der Waals surface area (Å²) in [6.45, 7) is 0.272. The highest BCUT2D eigenvalue weighted by molar-refractivity contribution is 7.91. The van der Waals surface area contributed by atoms with E-state index in [4.69, 9.17) is 13.9 Å². The first-order valence-corrected chi connectivity index (χ1v) is 12.2. The summed E-state index contributed by atoms with van der Waals surface area (Å²) in [6.07, 6.45) is 1.83.